The van der Waals surface area contributed by atoms with E-state index in [0.717, 1.165) is 25.1 Å². The fourth-order valence-electron chi connectivity index (χ4n) is 3.60. The largest absolute Gasteiger partial charge is 0.290 e. The van der Waals surface area contributed by atoms with Gasteiger partial charge in [-0.2, -0.15) is 0 Å². The number of halogens is 2. The second kappa shape index (κ2) is 5.78. The van der Waals surface area contributed by atoms with Crippen molar-refractivity contribution >= 4 is 46.1 Å². The third-order valence-electron chi connectivity index (χ3n) is 4.69. The number of nitrogens with zero attached hydrogens (tertiary/aromatic N) is 2. The van der Waals surface area contributed by atoms with Gasteiger partial charge in [-0.3, -0.25) is 14.6 Å². The Morgan fingerprint density at radius 3 is 2.74 bits per heavy atom. The first-order valence-corrected chi connectivity index (χ1v) is 9.29. The topological polar surface area (TPSA) is 23.6 Å². The predicted molar refractivity (Wildman–Crippen MR) is 95.5 cm³/mol. The summed E-state index contributed by atoms with van der Waals surface area (Å²) in [7, 11) is 0. The Bertz CT molecular complexity index is 776. The van der Waals surface area contributed by atoms with Crippen LogP contribution in [0.1, 0.15) is 29.4 Å². The monoisotopic (exact) mass is 366 g/mol. The molecule has 0 aliphatic carbocycles. The minimum atomic E-state index is -0.0350. The lowest BCUT2D eigenvalue weighted by Crippen LogP contribution is -2.32. The van der Waals surface area contributed by atoms with Gasteiger partial charge in [-0.05, 0) is 55.0 Å². The number of hydrogen-bond donors (Lipinski definition) is 0. The Hall–Kier alpha value is -1.07. The summed E-state index contributed by atoms with van der Waals surface area (Å²) in [6, 6.07) is 7.52. The summed E-state index contributed by atoms with van der Waals surface area (Å²) < 4.78 is 0. The SMILES string of the molecule is Cc1ccsc1[C@H]1N(c2ccc(Cl)c(Cl)c2)C(=O)[C@@H]2CCCN21. The number of hydrogen-bond acceptors (Lipinski definition) is 3. The lowest BCUT2D eigenvalue weighted by molar-refractivity contribution is -0.119. The highest BCUT2D eigenvalue weighted by Crippen LogP contribution is 2.45. The van der Waals surface area contributed by atoms with Gasteiger partial charge in [-0.25, -0.2) is 0 Å². The number of fused-ring (bicyclic) bond motifs is 1. The molecule has 2 fully saturated rings. The molecule has 0 spiro atoms. The number of aryl methyl sites for hydroxylation is 1. The Labute approximate surface area is 149 Å². The maximum Gasteiger partial charge on any atom is 0.246 e. The number of benzene rings is 1. The zero-order valence-electron chi connectivity index (χ0n) is 12.6. The molecule has 2 saturated heterocycles. The molecule has 0 saturated carbocycles. The van der Waals surface area contributed by atoms with E-state index in [4.69, 9.17) is 23.2 Å². The van der Waals surface area contributed by atoms with Crippen LogP contribution in [0.5, 0.6) is 0 Å². The van der Waals surface area contributed by atoms with Crippen molar-refractivity contribution in [2.24, 2.45) is 0 Å². The van der Waals surface area contributed by atoms with Gasteiger partial charge in [-0.15, -0.1) is 11.3 Å². The molecule has 120 valence electrons. The van der Waals surface area contributed by atoms with E-state index in [1.165, 1.54) is 10.4 Å². The predicted octanol–water partition coefficient (Wildman–Crippen LogP) is 4.87. The van der Waals surface area contributed by atoms with Crippen LogP contribution >= 0.6 is 34.5 Å². The maximum atomic E-state index is 13.0. The molecule has 1 aromatic carbocycles. The van der Waals surface area contributed by atoms with Crippen molar-refractivity contribution < 1.29 is 4.79 Å². The van der Waals surface area contributed by atoms with E-state index in [-0.39, 0.29) is 18.1 Å². The summed E-state index contributed by atoms with van der Waals surface area (Å²) >= 11 is 13.9. The highest BCUT2D eigenvalue weighted by atomic mass is 35.5. The Kier molecular flexibility index (Phi) is 3.88. The third kappa shape index (κ3) is 2.40. The van der Waals surface area contributed by atoms with Crippen LogP contribution in [0.3, 0.4) is 0 Å². The van der Waals surface area contributed by atoms with Gasteiger partial charge in [0.15, 0.2) is 0 Å². The standard InChI is InChI=1S/C17H16Cl2N2OS/c1-10-6-8-23-15(10)16-20-7-2-3-14(20)17(22)21(16)11-4-5-12(18)13(19)9-11/h4-6,8-9,14,16H,2-3,7H2,1H3/t14-,16+/m0/s1. The first kappa shape index (κ1) is 15.5. The molecule has 2 aliphatic heterocycles. The third-order valence-corrected chi connectivity index (χ3v) is 6.49. The molecule has 3 nitrogen and oxygen atoms in total. The van der Waals surface area contributed by atoms with Crippen molar-refractivity contribution in [3.63, 3.8) is 0 Å². The Morgan fingerprint density at radius 1 is 1.22 bits per heavy atom. The summed E-state index contributed by atoms with van der Waals surface area (Å²) in [5, 5.41) is 3.07. The van der Waals surface area contributed by atoms with E-state index >= 15 is 0 Å². The van der Waals surface area contributed by atoms with Gasteiger partial charge in [0.25, 0.3) is 0 Å². The van der Waals surface area contributed by atoms with Gasteiger partial charge in [-0.1, -0.05) is 23.2 Å². The van der Waals surface area contributed by atoms with Crippen molar-refractivity contribution in [2.75, 3.05) is 11.4 Å². The van der Waals surface area contributed by atoms with Crippen molar-refractivity contribution in [3.05, 3.63) is 50.1 Å². The fraction of sp³-hybridized carbons (Fsp3) is 0.353. The highest BCUT2D eigenvalue weighted by molar-refractivity contribution is 7.10. The molecular formula is C17H16Cl2N2OS. The van der Waals surface area contributed by atoms with Crippen LogP contribution in [-0.4, -0.2) is 23.4 Å². The number of thiophene rings is 1. The number of anilines is 1. The molecular weight excluding hydrogens is 351 g/mol. The van der Waals surface area contributed by atoms with Crippen molar-refractivity contribution in [3.8, 4) is 0 Å². The van der Waals surface area contributed by atoms with Crippen LogP contribution in [0.15, 0.2) is 29.6 Å². The molecule has 2 atom stereocenters. The molecule has 0 bridgehead atoms. The molecule has 2 aliphatic rings. The molecule has 6 heteroatoms. The summed E-state index contributed by atoms with van der Waals surface area (Å²) in [6.07, 6.45) is 1.97. The Morgan fingerprint density at radius 2 is 2.04 bits per heavy atom. The van der Waals surface area contributed by atoms with Gasteiger partial charge < -0.3 is 0 Å². The number of rotatable bonds is 2. The summed E-state index contributed by atoms with van der Waals surface area (Å²) in [5.41, 5.74) is 2.04. The van der Waals surface area contributed by atoms with Crippen LogP contribution in [0.2, 0.25) is 10.0 Å². The molecule has 4 rings (SSSR count). The molecule has 1 amide bonds. The van der Waals surface area contributed by atoms with E-state index in [1.54, 1.807) is 23.5 Å². The second-order valence-electron chi connectivity index (χ2n) is 6.04. The van der Waals surface area contributed by atoms with E-state index in [1.807, 2.05) is 11.0 Å². The summed E-state index contributed by atoms with van der Waals surface area (Å²) in [6.45, 7) is 3.06. The van der Waals surface area contributed by atoms with Crippen molar-refractivity contribution in [1.82, 2.24) is 4.90 Å². The lowest BCUT2D eigenvalue weighted by Gasteiger charge is -2.29. The van der Waals surface area contributed by atoms with Gasteiger partial charge in [0.05, 0.1) is 16.1 Å². The fourth-order valence-corrected chi connectivity index (χ4v) is 4.92. The van der Waals surface area contributed by atoms with Gasteiger partial charge in [0.2, 0.25) is 5.91 Å². The molecule has 2 aromatic rings. The van der Waals surface area contributed by atoms with Crippen LogP contribution in [0.4, 0.5) is 5.69 Å². The van der Waals surface area contributed by atoms with E-state index < -0.39 is 0 Å². The zero-order valence-corrected chi connectivity index (χ0v) is 15.0. The van der Waals surface area contributed by atoms with Crippen molar-refractivity contribution in [1.29, 1.82) is 0 Å². The second-order valence-corrected chi connectivity index (χ2v) is 7.81. The van der Waals surface area contributed by atoms with Crippen molar-refractivity contribution in [2.45, 2.75) is 32.0 Å². The minimum absolute atomic E-state index is 0.0176. The van der Waals surface area contributed by atoms with Crippen LogP contribution in [-0.2, 0) is 4.79 Å². The summed E-state index contributed by atoms with van der Waals surface area (Å²) in [4.78, 5) is 18.5. The molecule has 3 heterocycles. The molecule has 23 heavy (non-hydrogen) atoms. The van der Waals surface area contributed by atoms with Crippen LogP contribution in [0.25, 0.3) is 0 Å². The number of carbonyl (C=O) groups excluding carboxylic acids is 1. The first-order valence-electron chi connectivity index (χ1n) is 7.66. The maximum absolute atomic E-state index is 13.0. The number of carbonyl (C=O) groups is 1. The normalized spacial score (nSPS) is 24.5. The minimum Gasteiger partial charge on any atom is -0.290 e. The first-order chi connectivity index (χ1) is 11.1. The zero-order chi connectivity index (χ0) is 16.1. The molecule has 0 unspecified atom stereocenters. The lowest BCUT2D eigenvalue weighted by atomic mass is 10.2. The molecule has 1 aromatic heterocycles. The van der Waals surface area contributed by atoms with Gasteiger partial charge >= 0.3 is 0 Å². The average Bonchev–Trinajstić information content (AvgIpc) is 3.20. The highest BCUT2D eigenvalue weighted by Gasteiger charge is 2.50. The smallest absolute Gasteiger partial charge is 0.246 e. The van der Waals surface area contributed by atoms with E-state index in [9.17, 15) is 4.79 Å². The number of amides is 1. The van der Waals surface area contributed by atoms with Crippen LogP contribution < -0.4 is 4.90 Å². The van der Waals surface area contributed by atoms with Crippen LogP contribution in [0, 0.1) is 6.92 Å². The summed E-state index contributed by atoms with van der Waals surface area (Å²) in [5.74, 6) is 0.165. The van der Waals surface area contributed by atoms with Gasteiger partial charge in [0.1, 0.15) is 6.17 Å². The molecule has 0 N–H and O–H groups in total. The van der Waals surface area contributed by atoms with E-state index in [2.05, 4.69) is 23.3 Å². The Balaban J connectivity index is 1.83. The van der Waals surface area contributed by atoms with Gasteiger partial charge in [0, 0.05) is 17.1 Å². The average molecular weight is 367 g/mol. The molecule has 0 radical (unpaired) electrons. The quantitative estimate of drug-likeness (QED) is 0.756. The van der Waals surface area contributed by atoms with E-state index in [0.29, 0.717) is 10.0 Å².